The summed E-state index contributed by atoms with van der Waals surface area (Å²) < 4.78 is 0. The second kappa shape index (κ2) is 9.12. The highest BCUT2D eigenvalue weighted by Gasteiger charge is 2.52. The van der Waals surface area contributed by atoms with Crippen LogP contribution in [-0.4, -0.2) is 17.7 Å². The number of rotatable bonds is 2. The van der Waals surface area contributed by atoms with E-state index in [9.17, 15) is 0 Å². The van der Waals surface area contributed by atoms with Crippen LogP contribution in [0.1, 0.15) is 61.0 Å². The first kappa shape index (κ1) is 22.1. The quantitative estimate of drug-likeness (QED) is 0.579. The minimum atomic E-state index is 0.0398. The van der Waals surface area contributed by atoms with Crippen molar-refractivity contribution < 1.29 is 0 Å². The number of aryl methyl sites for hydroxylation is 1. The number of hydrogen-bond donors (Lipinski definition) is 0. The average molecular weight is 355 g/mol. The van der Waals surface area contributed by atoms with E-state index in [1.807, 2.05) is 27.7 Å². The van der Waals surface area contributed by atoms with Crippen molar-refractivity contribution in [2.45, 2.75) is 73.4 Å². The second-order valence-electron chi connectivity index (χ2n) is 7.29. The number of nitrogens with zero attached hydrogens (tertiary/aromatic N) is 2. The molecule has 0 amide bonds. The van der Waals surface area contributed by atoms with Crippen LogP contribution < -0.4 is 9.80 Å². The molecule has 0 N–H and O–H groups in total. The molecule has 1 fully saturated rings. The molecule has 2 nitrogen and oxygen atoms in total. The van der Waals surface area contributed by atoms with Gasteiger partial charge in [0.25, 0.3) is 0 Å². The molecular weight excluding hydrogens is 316 g/mol. The van der Waals surface area contributed by atoms with Crippen molar-refractivity contribution in [1.29, 1.82) is 0 Å². The van der Waals surface area contributed by atoms with Gasteiger partial charge >= 0.3 is 0 Å². The van der Waals surface area contributed by atoms with E-state index in [0.29, 0.717) is 0 Å². The molecule has 1 saturated heterocycles. The summed E-state index contributed by atoms with van der Waals surface area (Å²) in [7, 11) is 0. The Bertz CT molecular complexity index is 642. The van der Waals surface area contributed by atoms with E-state index >= 15 is 0 Å². The van der Waals surface area contributed by atoms with Crippen LogP contribution in [0.5, 0.6) is 0 Å². The maximum atomic E-state index is 2.51. The van der Waals surface area contributed by atoms with Gasteiger partial charge in [-0.25, -0.2) is 0 Å². The van der Waals surface area contributed by atoms with Crippen LogP contribution in [0.4, 0.5) is 11.4 Å². The Hall–Kier alpha value is -1.96. The van der Waals surface area contributed by atoms with Gasteiger partial charge in [0.1, 0.15) is 0 Å². The molecule has 2 aromatic rings. The number of para-hydroxylation sites is 1. The van der Waals surface area contributed by atoms with Crippen LogP contribution in [0, 0.1) is 6.92 Å². The highest BCUT2D eigenvalue weighted by Crippen LogP contribution is 2.44. The van der Waals surface area contributed by atoms with Crippen LogP contribution >= 0.6 is 0 Å². The van der Waals surface area contributed by atoms with Gasteiger partial charge in [-0.15, -0.1) is 0 Å². The summed E-state index contributed by atoms with van der Waals surface area (Å²) in [4.78, 5) is 5.02. The van der Waals surface area contributed by atoms with Crippen molar-refractivity contribution in [2.24, 2.45) is 0 Å². The summed E-state index contributed by atoms with van der Waals surface area (Å²) >= 11 is 0. The van der Waals surface area contributed by atoms with Gasteiger partial charge in [0.05, 0.1) is 17.7 Å². The molecule has 1 aliphatic rings. The molecule has 0 spiro atoms. The number of hydrogen-bond acceptors (Lipinski definition) is 2. The summed E-state index contributed by atoms with van der Waals surface area (Å²) in [5, 5.41) is 0. The molecule has 26 heavy (non-hydrogen) atoms. The largest absolute Gasteiger partial charge is 0.346 e. The Morgan fingerprint density at radius 2 is 1.00 bits per heavy atom. The SMILES string of the molecule is CC.CC.Cc1ccc(N2CN(c3ccccc3)C(C)(C)C2(C)C)cc1. The fourth-order valence-corrected chi connectivity index (χ4v) is 3.30. The van der Waals surface area contributed by atoms with Gasteiger partial charge in [0.2, 0.25) is 0 Å². The first-order valence-electron chi connectivity index (χ1n) is 10.0. The lowest BCUT2D eigenvalue weighted by molar-refractivity contribution is 0.345. The Morgan fingerprint density at radius 3 is 1.42 bits per heavy atom. The third kappa shape index (κ3) is 4.06. The molecule has 1 heterocycles. The fourth-order valence-electron chi connectivity index (χ4n) is 3.30. The maximum Gasteiger partial charge on any atom is 0.0915 e. The molecule has 2 heteroatoms. The van der Waals surface area contributed by atoms with Crippen LogP contribution in [0.3, 0.4) is 0 Å². The van der Waals surface area contributed by atoms with Gasteiger partial charge in [0.15, 0.2) is 0 Å². The van der Waals surface area contributed by atoms with E-state index in [-0.39, 0.29) is 11.1 Å². The highest BCUT2D eigenvalue weighted by atomic mass is 15.5. The summed E-state index contributed by atoms with van der Waals surface area (Å²) in [6, 6.07) is 19.6. The molecule has 1 aliphatic heterocycles. The minimum absolute atomic E-state index is 0.0398. The normalized spacial score (nSPS) is 17.0. The molecule has 0 unspecified atom stereocenters. The van der Waals surface area contributed by atoms with Gasteiger partial charge in [-0.2, -0.15) is 0 Å². The van der Waals surface area contributed by atoms with Crippen LogP contribution in [0.2, 0.25) is 0 Å². The third-order valence-electron chi connectivity index (χ3n) is 5.54. The van der Waals surface area contributed by atoms with Crippen molar-refractivity contribution in [1.82, 2.24) is 0 Å². The minimum Gasteiger partial charge on any atom is -0.346 e. The van der Waals surface area contributed by atoms with Gasteiger partial charge in [-0.3, -0.25) is 0 Å². The number of anilines is 2. The van der Waals surface area contributed by atoms with Crippen molar-refractivity contribution in [3.05, 3.63) is 60.2 Å². The fraction of sp³-hybridized carbons (Fsp3) is 0.500. The second-order valence-corrected chi connectivity index (χ2v) is 7.29. The first-order valence-corrected chi connectivity index (χ1v) is 10.0. The van der Waals surface area contributed by atoms with Crippen molar-refractivity contribution in [3.8, 4) is 0 Å². The summed E-state index contributed by atoms with van der Waals surface area (Å²) in [5.41, 5.74) is 3.97. The Morgan fingerprint density at radius 1 is 0.615 bits per heavy atom. The van der Waals surface area contributed by atoms with E-state index in [0.717, 1.165) is 6.67 Å². The molecule has 144 valence electrons. The van der Waals surface area contributed by atoms with Crippen LogP contribution in [0.25, 0.3) is 0 Å². The lowest BCUT2D eigenvalue weighted by Crippen LogP contribution is -2.54. The van der Waals surface area contributed by atoms with Gasteiger partial charge in [0, 0.05) is 11.4 Å². The lowest BCUT2D eigenvalue weighted by atomic mass is 9.82. The van der Waals surface area contributed by atoms with Crippen LogP contribution in [0.15, 0.2) is 54.6 Å². The van der Waals surface area contributed by atoms with Gasteiger partial charge < -0.3 is 9.80 Å². The predicted molar refractivity (Wildman–Crippen MR) is 118 cm³/mol. The highest BCUT2D eigenvalue weighted by molar-refractivity contribution is 5.61. The van der Waals surface area contributed by atoms with Crippen molar-refractivity contribution >= 4 is 11.4 Å². The van der Waals surface area contributed by atoms with E-state index in [1.165, 1.54) is 16.9 Å². The average Bonchev–Trinajstić information content (AvgIpc) is 2.85. The third-order valence-corrected chi connectivity index (χ3v) is 5.54. The van der Waals surface area contributed by atoms with E-state index in [1.54, 1.807) is 0 Å². The molecule has 0 aromatic heterocycles. The summed E-state index contributed by atoms with van der Waals surface area (Å²) in [5.74, 6) is 0. The zero-order valence-corrected chi connectivity index (χ0v) is 18.3. The predicted octanol–water partition coefficient (Wildman–Crippen LogP) is 6.89. The Kier molecular flexibility index (Phi) is 7.74. The molecule has 2 aromatic carbocycles. The monoisotopic (exact) mass is 354 g/mol. The molecule has 0 saturated carbocycles. The van der Waals surface area contributed by atoms with Crippen molar-refractivity contribution in [3.63, 3.8) is 0 Å². The zero-order chi connectivity index (χ0) is 20.0. The Labute approximate surface area is 161 Å². The molecule has 3 rings (SSSR count). The number of benzene rings is 2. The van der Waals surface area contributed by atoms with Crippen LogP contribution in [-0.2, 0) is 0 Å². The van der Waals surface area contributed by atoms with Gasteiger partial charge in [-0.05, 0) is 58.9 Å². The molecule has 0 radical (unpaired) electrons. The topological polar surface area (TPSA) is 6.48 Å². The molecule has 0 bridgehead atoms. The Balaban J connectivity index is 0.000000791. The zero-order valence-electron chi connectivity index (χ0n) is 18.3. The van der Waals surface area contributed by atoms with Crippen molar-refractivity contribution in [2.75, 3.05) is 16.5 Å². The van der Waals surface area contributed by atoms with E-state index in [4.69, 9.17) is 0 Å². The standard InChI is InChI=1S/C20H26N2.2C2H6/c1-16-11-13-18(14-12-16)22-15-21(17-9-7-6-8-10-17)19(2,3)20(22,4)5;2*1-2/h6-14H,15H2,1-5H3;2*1-2H3. The molecular formula is C24H38N2. The maximum absolute atomic E-state index is 2.51. The first-order chi connectivity index (χ1) is 12.3. The van der Waals surface area contributed by atoms with E-state index < -0.39 is 0 Å². The molecule has 0 aliphatic carbocycles. The summed E-state index contributed by atoms with van der Waals surface area (Å²) in [6.45, 7) is 20.4. The smallest absolute Gasteiger partial charge is 0.0915 e. The summed E-state index contributed by atoms with van der Waals surface area (Å²) in [6.07, 6.45) is 0. The van der Waals surface area contributed by atoms with Gasteiger partial charge in [-0.1, -0.05) is 63.6 Å². The lowest BCUT2D eigenvalue weighted by Gasteiger charge is -2.43. The molecule has 0 atom stereocenters. The van der Waals surface area contributed by atoms with E-state index in [2.05, 4.69) is 99.0 Å².